The number of fused-ring (bicyclic) bond motifs is 1. The molecule has 0 atom stereocenters. The molecule has 1 aromatic heterocycles. The van der Waals surface area contributed by atoms with Crippen molar-refractivity contribution in [3.05, 3.63) is 52.4 Å². The lowest BCUT2D eigenvalue weighted by atomic mass is 9.98. The number of carboxylic acid groups (broad SMARTS) is 1. The molecule has 0 aliphatic heterocycles. The monoisotopic (exact) mass is 426 g/mol. The Balaban J connectivity index is 1.82. The molecule has 0 amide bonds. The zero-order chi connectivity index (χ0) is 22.4. The molecule has 0 unspecified atom stereocenters. The minimum atomic E-state index is -0.773. The minimum absolute atomic E-state index is 0.00283. The fourth-order valence-corrected chi connectivity index (χ4v) is 3.70. The number of benzene rings is 2. The second-order valence-electron chi connectivity index (χ2n) is 7.63. The highest BCUT2D eigenvalue weighted by molar-refractivity contribution is 5.88. The molecule has 0 spiro atoms. The summed E-state index contributed by atoms with van der Waals surface area (Å²) < 4.78 is 5.94. The Hall–Kier alpha value is -3.48. The molecule has 2 aromatic carbocycles. The van der Waals surface area contributed by atoms with E-state index in [0.29, 0.717) is 29.7 Å². The lowest BCUT2D eigenvalue weighted by Crippen LogP contribution is -2.09. The van der Waals surface area contributed by atoms with Crippen molar-refractivity contribution in [2.45, 2.75) is 51.4 Å². The van der Waals surface area contributed by atoms with Gasteiger partial charge in [0.05, 0.1) is 5.56 Å². The third-order valence-electron chi connectivity index (χ3n) is 5.23. The summed E-state index contributed by atoms with van der Waals surface area (Å²) in [5.41, 5.74) is 0.626. The molecule has 0 fully saturated rings. The quantitative estimate of drug-likeness (QED) is 0.338. The predicted octanol–water partition coefficient (Wildman–Crippen LogP) is 4.93. The number of unbranched alkanes of at least 4 members (excludes halogenated alkanes) is 5. The third kappa shape index (κ3) is 5.57. The zero-order valence-electron chi connectivity index (χ0n) is 17.1. The third-order valence-corrected chi connectivity index (χ3v) is 5.23. The number of aliphatic carboxylic acids is 1. The van der Waals surface area contributed by atoms with Gasteiger partial charge < -0.3 is 24.8 Å². The Kier molecular flexibility index (Phi) is 7.18. The van der Waals surface area contributed by atoms with Crippen molar-refractivity contribution >= 4 is 16.9 Å². The average Bonchev–Trinajstić information content (AvgIpc) is 2.70. The maximum atomic E-state index is 13.2. The van der Waals surface area contributed by atoms with Crippen LogP contribution in [-0.2, 0) is 11.2 Å². The standard InChI is InChI=1S/C24H26O7/c25-16-11-9-15(10-12-16)22-19(7-5-3-1-2-4-6-8-21(28)29)31-20-14-17(26)13-18(27)23(20)24(22)30/h9-14,25-27H,1-8H2,(H,28,29). The van der Waals surface area contributed by atoms with Crippen LogP contribution in [-0.4, -0.2) is 26.4 Å². The van der Waals surface area contributed by atoms with Crippen molar-refractivity contribution in [2.75, 3.05) is 0 Å². The van der Waals surface area contributed by atoms with Gasteiger partial charge in [0.25, 0.3) is 0 Å². The number of carboxylic acids is 1. The van der Waals surface area contributed by atoms with Crippen LogP contribution in [0.25, 0.3) is 22.1 Å². The Morgan fingerprint density at radius 3 is 2.16 bits per heavy atom. The van der Waals surface area contributed by atoms with E-state index < -0.39 is 11.4 Å². The molecule has 31 heavy (non-hydrogen) atoms. The van der Waals surface area contributed by atoms with Crippen molar-refractivity contribution in [1.82, 2.24) is 0 Å². The van der Waals surface area contributed by atoms with Crippen molar-refractivity contribution in [2.24, 2.45) is 0 Å². The Bertz CT molecular complexity index is 1110. The topological polar surface area (TPSA) is 128 Å². The Labute approximate surface area is 179 Å². The van der Waals surface area contributed by atoms with Gasteiger partial charge in [-0.3, -0.25) is 9.59 Å². The van der Waals surface area contributed by atoms with Gasteiger partial charge in [-0.15, -0.1) is 0 Å². The maximum Gasteiger partial charge on any atom is 0.303 e. The van der Waals surface area contributed by atoms with E-state index in [2.05, 4.69) is 0 Å². The number of hydrogen-bond donors (Lipinski definition) is 4. The summed E-state index contributed by atoms with van der Waals surface area (Å²) in [7, 11) is 0. The van der Waals surface area contributed by atoms with Crippen LogP contribution in [0.1, 0.15) is 50.7 Å². The van der Waals surface area contributed by atoms with Crippen LogP contribution < -0.4 is 5.43 Å². The number of aromatic hydroxyl groups is 3. The summed E-state index contributed by atoms with van der Waals surface area (Å²) in [5, 5.41) is 38.2. The van der Waals surface area contributed by atoms with Gasteiger partial charge in [-0.1, -0.05) is 37.8 Å². The zero-order valence-corrected chi connectivity index (χ0v) is 17.1. The van der Waals surface area contributed by atoms with Crippen molar-refractivity contribution in [1.29, 1.82) is 0 Å². The van der Waals surface area contributed by atoms with Gasteiger partial charge in [-0.2, -0.15) is 0 Å². The van der Waals surface area contributed by atoms with E-state index in [0.717, 1.165) is 38.2 Å². The maximum absolute atomic E-state index is 13.2. The van der Waals surface area contributed by atoms with Crippen LogP contribution in [0.15, 0.2) is 45.6 Å². The van der Waals surface area contributed by atoms with Crippen molar-refractivity contribution in [3.63, 3.8) is 0 Å². The largest absolute Gasteiger partial charge is 0.508 e. The van der Waals surface area contributed by atoms with Crippen molar-refractivity contribution < 1.29 is 29.6 Å². The van der Waals surface area contributed by atoms with Crippen molar-refractivity contribution in [3.8, 4) is 28.4 Å². The van der Waals surface area contributed by atoms with E-state index in [-0.39, 0.29) is 34.6 Å². The molecule has 0 aliphatic rings. The molecule has 7 heteroatoms. The van der Waals surface area contributed by atoms with Crippen LogP contribution in [0.5, 0.6) is 17.2 Å². The highest BCUT2D eigenvalue weighted by Crippen LogP contribution is 2.33. The molecule has 3 aromatic rings. The predicted molar refractivity (Wildman–Crippen MR) is 117 cm³/mol. The van der Waals surface area contributed by atoms with Gasteiger partial charge in [-0.25, -0.2) is 0 Å². The van der Waals surface area contributed by atoms with Gasteiger partial charge in [0, 0.05) is 25.0 Å². The fourth-order valence-electron chi connectivity index (χ4n) is 3.70. The SMILES string of the molecule is O=C(O)CCCCCCCCc1oc2cc(O)cc(O)c2c(=O)c1-c1ccc(O)cc1. The first-order valence-corrected chi connectivity index (χ1v) is 10.4. The molecule has 0 radical (unpaired) electrons. The number of phenols is 3. The molecular weight excluding hydrogens is 400 g/mol. The number of carbonyl (C=O) groups is 1. The summed E-state index contributed by atoms with van der Waals surface area (Å²) in [5.74, 6) is -0.787. The molecule has 7 nitrogen and oxygen atoms in total. The average molecular weight is 426 g/mol. The summed E-state index contributed by atoms with van der Waals surface area (Å²) >= 11 is 0. The normalized spacial score (nSPS) is 11.1. The van der Waals surface area contributed by atoms with Crippen LogP contribution in [0, 0.1) is 0 Å². The van der Waals surface area contributed by atoms with Crippen LogP contribution >= 0.6 is 0 Å². The first kappa shape index (κ1) is 22.2. The summed E-state index contributed by atoms with van der Waals surface area (Å²) in [6.45, 7) is 0. The number of rotatable bonds is 10. The minimum Gasteiger partial charge on any atom is -0.508 e. The van der Waals surface area contributed by atoms with Gasteiger partial charge in [0.2, 0.25) is 5.43 Å². The molecule has 0 saturated carbocycles. The highest BCUT2D eigenvalue weighted by Gasteiger charge is 2.19. The molecule has 0 aliphatic carbocycles. The summed E-state index contributed by atoms with van der Waals surface area (Å²) in [4.78, 5) is 23.8. The molecule has 3 rings (SSSR count). The molecule has 0 saturated heterocycles. The summed E-state index contributed by atoms with van der Waals surface area (Å²) in [6.07, 6.45) is 5.79. The fraction of sp³-hybridized carbons (Fsp3) is 0.333. The van der Waals surface area contributed by atoms with E-state index in [1.165, 1.54) is 18.2 Å². The van der Waals surface area contributed by atoms with Crippen LogP contribution in [0.3, 0.4) is 0 Å². The summed E-state index contributed by atoms with van der Waals surface area (Å²) in [6, 6.07) is 8.62. The molecule has 164 valence electrons. The number of aryl methyl sites for hydroxylation is 1. The van der Waals surface area contributed by atoms with E-state index >= 15 is 0 Å². The Morgan fingerprint density at radius 2 is 1.48 bits per heavy atom. The van der Waals surface area contributed by atoms with E-state index in [1.807, 2.05) is 0 Å². The van der Waals surface area contributed by atoms with E-state index in [4.69, 9.17) is 9.52 Å². The molecular formula is C24H26O7. The molecule has 1 heterocycles. The van der Waals surface area contributed by atoms with E-state index in [1.54, 1.807) is 12.1 Å². The number of phenolic OH excluding ortho intramolecular Hbond substituents is 3. The molecule has 0 bridgehead atoms. The first-order valence-electron chi connectivity index (χ1n) is 10.4. The van der Waals surface area contributed by atoms with Gasteiger partial charge in [0.1, 0.15) is 34.0 Å². The second kappa shape index (κ2) is 10.0. The van der Waals surface area contributed by atoms with Gasteiger partial charge >= 0.3 is 5.97 Å². The lowest BCUT2D eigenvalue weighted by Gasteiger charge is -2.12. The molecule has 4 N–H and O–H groups in total. The van der Waals surface area contributed by atoms with Crippen LogP contribution in [0.2, 0.25) is 0 Å². The second-order valence-corrected chi connectivity index (χ2v) is 7.63. The van der Waals surface area contributed by atoms with Crippen LogP contribution in [0.4, 0.5) is 0 Å². The first-order chi connectivity index (χ1) is 14.9. The smallest absolute Gasteiger partial charge is 0.303 e. The highest BCUT2D eigenvalue weighted by atomic mass is 16.4. The Morgan fingerprint density at radius 1 is 0.839 bits per heavy atom. The lowest BCUT2D eigenvalue weighted by molar-refractivity contribution is -0.137. The van der Waals surface area contributed by atoms with E-state index in [9.17, 15) is 24.9 Å². The van der Waals surface area contributed by atoms with Gasteiger partial charge in [0.15, 0.2) is 0 Å². The number of hydrogen-bond acceptors (Lipinski definition) is 6. The van der Waals surface area contributed by atoms with Gasteiger partial charge in [-0.05, 0) is 30.5 Å².